The second-order valence-corrected chi connectivity index (χ2v) is 3.62. The highest BCUT2D eigenvalue weighted by Gasteiger charge is 2.57. The molecule has 0 fully saturated rings. The Morgan fingerprint density at radius 2 is 1.92 bits per heavy atom. The number of aliphatic carboxylic acids is 1. The summed E-state index contributed by atoms with van der Waals surface area (Å²) in [5.74, 6) is -2.60. The maximum atomic E-state index is 11.0. The van der Waals surface area contributed by atoms with Crippen molar-refractivity contribution in [3.63, 3.8) is 0 Å². The van der Waals surface area contributed by atoms with Gasteiger partial charge in [0.2, 0.25) is 5.60 Å². The van der Waals surface area contributed by atoms with Crippen molar-refractivity contribution >= 4 is 46.6 Å². The molecule has 0 spiro atoms. The summed E-state index contributed by atoms with van der Waals surface area (Å²) < 4.78 is 0. The van der Waals surface area contributed by atoms with Crippen molar-refractivity contribution in [1.29, 1.82) is 0 Å². The van der Waals surface area contributed by atoms with Crippen LogP contribution < -0.4 is 0 Å². The summed E-state index contributed by atoms with van der Waals surface area (Å²) in [6.45, 7) is 0. The maximum Gasteiger partial charge on any atom is 0.343 e. The SMILES string of the molecule is O=C1C(Cl)=C(Cl)C(O)(C(=O)O)C1Cl. The van der Waals surface area contributed by atoms with Crippen LogP contribution in [0.1, 0.15) is 0 Å². The minimum absolute atomic E-state index is 0.536. The molecule has 1 aliphatic rings. The van der Waals surface area contributed by atoms with E-state index in [0.29, 0.717) is 0 Å². The molecular formula is C6H3Cl3O4. The summed E-state index contributed by atoms with van der Waals surface area (Å²) >= 11 is 16.1. The summed E-state index contributed by atoms with van der Waals surface area (Å²) in [6.07, 6.45) is 0. The van der Waals surface area contributed by atoms with E-state index in [0.717, 1.165) is 0 Å². The minimum Gasteiger partial charge on any atom is -0.479 e. The average molecular weight is 245 g/mol. The number of halogens is 3. The number of carbonyl (C=O) groups excluding carboxylic acids is 1. The molecule has 7 heteroatoms. The van der Waals surface area contributed by atoms with E-state index < -0.39 is 32.8 Å². The Morgan fingerprint density at radius 1 is 1.46 bits per heavy atom. The number of hydrogen-bond acceptors (Lipinski definition) is 3. The predicted molar refractivity (Wildman–Crippen MR) is 46.0 cm³/mol. The van der Waals surface area contributed by atoms with Crippen molar-refractivity contribution in [3.8, 4) is 0 Å². The van der Waals surface area contributed by atoms with Gasteiger partial charge in [0.25, 0.3) is 0 Å². The zero-order valence-electron chi connectivity index (χ0n) is 5.92. The summed E-state index contributed by atoms with van der Waals surface area (Å²) in [5.41, 5.74) is -2.60. The summed E-state index contributed by atoms with van der Waals surface area (Å²) in [6, 6.07) is 0. The molecule has 0 saturated heterocycles. The molecule has 0 aromatic carbocycles. The standard InChI is InChI=1S/C6H3Cl3O4/c7-1-2(10)4(9)6(13,3(1)8)5(11)12/h4,13H,(H,11,12). The highest BCUT2D eigenvalue weighted by Crippen LogP contribution is 2.41. The van der Waals surface area contributed by atoms with Crippen LogP contribution in [0.2, 0.25) is 0 Å². The lowest BCUT2D eigenvalue weighted by Crippen LogP contribution is -2.46. The highest BCUT2D eigenvalue weighted by molar-refractivity contribution is 6.57. The molecule has 0 aromatic rings. The molecule has 2 atom stereocenters. The number of ketones is 1. The van der Waals surface area contributed by atoms with Gasteiger partial charge in [-0.1, -0.05) is 23.2 Å². The molecule has 0 bridgehead atoms. The molecule has 0 radical (unpaired) electrons. The highest BCUT2D eigenvalue weighted by atomic mass is 35.5. The van der Waals surface area contributed by atoms with Crippen LogP contribution in [0.4, 0.5) is 0 Å². The molecule has 2 N–H and O–H groups in total. The third-order valence-corrected chi connectivity index (χ3v) is 3.13. The zero-order chi connectivity index (χ0) is 10.4. The Kier molecular flexibility index (Phi) is 2.60. The van der Waals surface area contributed by atoms with Gasteiger partial charge in [-0.2, -0.15) is 0 Å². The normalized spacial score (nSPS) is 34.2. The number of aliphatic hydroxyl groups is 1. The van der Waals surface area contributed by atoms with Crippen molar-refractivity contribution in [3.05, 3.63) is 10.1 Å². The third-order valence-electron chi connectivity index (χ3n) is 1.67. The van der Waals surface area contributed by atoms with Crippen molar-refractivity contribution in [1.82, 2.24) is 0 Å². The number of alkyl halides is 1. The molecule has 72 valence electrons. The molecule has 4 nitrogen and oxygen atoms in total. The predicted octanol–water partition coefficient (Wildman–Crippen LogP) is 0.681. The van der Waals surface area contributed by atoms with Crippen LogP contribution in [0.15, 0.2) is 10.1 Å². The van der Waals surface area contributed by atoms with Gasteiger partial charge in [-0.3, -0.25) is 4.79 Å². The Balaban J connectivity index is 3.30. The first-order chi connectivity index (χ1) is 5.83. The molecule has 0 aromatic heterocycles. The molecule has 13 heavy (non-hydrogen) atoms. The zero-order valence-corrected chi connectivity index (χ0v) is 8.19. The lowest BCUT2D eigenvalue weighted by Gasteiger charge is -2.19. The number of allylic oxidation sites excluding steroid dienone is 1. The fraction of sp³-hybridized carbons (Fsp3) is 0.333. The van der Waals surface area contributed by atoms with Gasteiger partial charge >= 0.3 is 5.97 Å². The minimum atomic E-state index is -2.60. The molecule has 0 amide bonds. The summed E-state index contributed by atoms with van der Waals surface area (Å²) in [5, 5.41) is 15.1. The van der Waals surface area contributed by atoms with Crippen LogP contribution in [0.25, 0.3) is 0 Å². The van der Waals surface area contributed by atoms with E-state index in [1.54, 1.807) is 0 Å². The summed E-state index contributed by atoms with van der Waals surface area (Å²) in [7, 11) is 0. The Labute approximate surface area is 87.7 Å². The Morgan fingerprint density at radius 3 is 2.08 bits per heavy atom. The van der Waals surface area contributed by atoms with Crippen molar-refractivity contribution in [2.75, 3.05) is 0 Å². The molecule has 2 unspecified atom stereocenters. The van der Waals surface area contributed by atoms with Crippen LogP contribution in [0.5, 0.6) is 0 Å². The van der Waals surface area contributed by atoms with Gasteiger partial charge in [0.05, 0.1) is 5.03 Å². The lowest BCUT2D eigenvalue weighted by atomic mass is 10.0. The third kappa shape index (κ3) is 1.25. The van der Waals surface area contributed by atoms with Crippen LogP contribution in [-0.4, -0.2) is 32.9 Å². The monoisotopic (exact) mass is 244 g/mol. The van der Waals surface area contributed by atoms with Gasteiger partial charge in [0.1, 0.15) is 10.4 Å². The molecule has 0 saturated carbocycles. The van der Waals surface area contributed by atoms with Crippen LogP contribution in [0, 0.1) is 0 Å². The van der Waals surface area contributed by atoms with E-state index in [9.17, 15) is 14.7 Å². The molecule has 0 aliphatic heterocycles. The van der Waals surface area contributed by atoms with Crippen LogP contribution >= 0.6 is 34.8 Å². The van der Waals surface area contributed by atoms with E-state index in [2.05, 4.69) is 0 Å². The lowest BCUT2D eigenvalue weighted by molar-refractivity contribution is -0.154. The van der Waals surface area contributed by atoms with Crippen LogP contribution in [0.3, 0.4) is 0 Å². The van der Waals surface area contributed by atoms with E-state index >= 15 is 0 Å². The van der Waals surface area contributed by atoms with Gasteiger partial charge in [0, 0.05) is 0 Å². The summed E-state index contributed by atoms with van der Waals surface area (Å²) in [4.78, 5) is 21.6. The first-order valence-corrected chi connectivity index (χ1v) is 4.22. The van der Waals surface area contributed by atoms with Crippen molar-refractivity contribution in [2.45, 2.75) is 11.0 Å². The average Bonchev–Trinajstić information content (AvgIpc) is 2.22. The number of carboxylic acids is 1. The largest absolute Gasteiger partial charge is 0.479 e. The number of Topliss-reactive ketones (excluding diaryl/α,β-unsaturated/α-hetero) is 1. The maximum absolute atomic E-state index is 11.0. The van der Waals surface area contributed by atoms with E-state index in [1.165, 1.54) is 0 Å². The fourth-order valence-corrected chi connectivity index (χ4v) is 1.85. The van der Waals surface area contributed by atoms with E-state index in [1.807, 2.05) is 0 Å². The number of carbonyl (C=O) groups is 2. The van der Waals surface area contributed by atoms with Crippen molar-refractivity contribution < 1.29 is 19.8 Å². The first kappa shape index (κ1) is 10.8. The van der Waals surface area contributed by atoms with E-state index in [4.69, 9.17) is 39.9 Å². The number of carboxylic acid groups (broad SMARTS) is 1. The Bertz CT molecular complexity index is 324. The first-order valence-electron chi connectivity index (χ1n) is 3.03. The van der Waals surface area contributed by atoms with Gasteiger partial charge in [0.15, 0.2) is 5.78 Å². The second-order valence-electron chi connectivity index (χ2n) is 2.43. The Hall–Kier alpha value is -0.290. The molecular weight excluding hydrogens is 242 g/mol. The molecule has 0 heterocycles. The molecule has 1 aliphatic carbocycles. The smallest absolute Gasteiger partial charge is 0.343 e. The van der Waals surface area contributed by atoms with Gasteiger partial charge in [-0.05, 0) is 0 Å². The van der Waals surface area contributed by atoms with Gasteiger partial charge in [-0.15, -0.1) is 11.6 Å². The molecule has 1 rings (SSSR count). The number of rotatable bonds is 1. The van der Waals surface area contributed by atoms with Crippen LogP contribution in [-0.2, 0) is 9.59 Å². The topological polar surface area (TPSA) is 74.6 Å². The van der Waals surface area contributed by atoms with E-state index in [-0.39, 0.29) is 0 Å². The van der Waals surface area contributed by atoms with Crippen molar-refractivity contribution in [2.24, 2.45) is 0 Å². The fourth-order valence-electron chi connectivity index (χ4n) is 0.890. The van der Waals surface area contributed by atoms with Gasteiger partial charge < -0.3 is 10.2 Å². The van der Waals surface area contributed by atoms with Gasteiger partial charge in [-0.25, -0.2) is 4.79 Å². The number of hydrogen-bond donors (Lipinski definition) is 2. The quantitative estimate of drug-likeness (QED) is 0.666. The second kappa shape index (κ2) is 3.13.